The second-order valence-corrected chi connectivity index (χ2v) is 9.90. The van der Waals surface area contributed by atoms with Gasteiger partial charge in [-0.15, -0.1) is 0 Å². The smallest absolute Gasteiger partial charge is 0.280 e. The fourth-order valence-electron chi connectivity index (χ4n) is 5.56. The van der Waals surface area contributed by atoms with Crippen molar-refractivity contribution in [1.82, 2.24) is 14.8 Å². The summed E-state index contributed by atoms with van der Waals surface area (Å²) in [5.41, 5.74) is 1.63. The van der Waals surface area contributed by atoms with Gasteiger partial charge < -0.3 is 19.4 Å². The van der Waals surface area contributed by atoms with Gasteiger partial charge in [0.25, 0.3) is 6.36 Å². The molecule has 2 fully saturated rings. The van der Waals surface area contributed by atoms with Crippen LogP contribution in [-0.4, -0.2) is 47.5 Å². The van der Waals surface area contributed by atoms with Gasteiger partial charge in [-0.3, -0.25) is 10.2 Å². The van der Waals surface area contributed by atoms with Gasteiger partial charge >= 0.3 is 0 Å². The number of nitrogens with zero attached hydrogens (tertiary/aromatic N) is 2. The van der Waals surface area contributed by atoms with Crippen LogP contribution in [0.4, 0.5) is 14.5 Å². The van der Waals surface area contributed by atoms with E-state index in [4.69, 9.17) is 21.1 Å². The van der Waals surface area contributed by atoms with Crippen LogP contribution in [0.25, 0.3) is 0 Å². The Morgan fingerprint density at radius 3 is 3.10 bits per heavy atom. The number of aromatic nitrogens is 1. The molecule has 0 bridgehead atoms. The first-order valence-electron chi connectivity index (χ1n) is 10.5. The quantitative estimate of drug-likeness (QED) is 0.619. The van der Waals surface area contributed by atoms with Gasteiger partial charge in [0, 0.05) is 24.8 Å². The molecule has 1 aromatic heterocycles. The van der Waals surface area contributed by atoms with Gasteiger partial charge in [-0.1, -0.05) is 11.6 Å². The Balaban J connectivity index is 1.39. The number of benzene rings is 1. The zero-order valence-corrected chi connectivity index (χ0v) is 19.0. The van der Waals surface area contributed by atoms with E-state index in [0.29, 0.717) is 52.9 Å². The van der Waals surface area contributed by atoms with Crippen molar-refractivity contribution in [2.24, 2.45) is 0 Å². The van der Waals surface area contributed by atoms with Gasteiger partial charge in [-0.25, -0.2) is 4.39 Å². The number of ether oxygens (including phenoxy) is 2. The molecule has 0 radical (unpaired) electrons. The van der Waals surface area contributed by atoms with Gasteiger partial charge in [0.05, 0.1) is 27.3 Å². The molecule has 0 aliphatic carbocycles. The average molecular weight is 516 g/mol. The van der Waals surface area contributed by atoms with Crippen LogP contribution in [0.1, 0.15) is 43.0 Å². The third-order valence-electron chi connectivity index (χ3n) is 6.94. The first kappa shape index (κ1) is 20.1. The standard InChI is InChI=1S/C21H22BrClF2N4O2/c22-16-12(23)8-29-17(16)19(25)31-18-14(3-2-13-15(18)20(29)27-10-26-13)30-9-21-4-1-5-28(21)7-11(24)6-21/h2-3,8,11,19-20,26-27H,1,4-7,9-10H2/t11-,19-,20?,21+/m1/s1. The minimum Gasteiger partial charge on any atom is -0.488 e. The first-order chi connectivity index (χ1) is 15.0. The molecule has 2 N–H and O–H groups in total. The van der Waals surface area contributed by atoms with E-state index in [0.717, 1.165) is 30.6 Å². The molecule has 2 aromatic rings. The summed E-state index contributed by atoms with van der Waals surface area (Å²) < 4.78 is 43.8. The maximum Gasteiger partial charge on any atom is 0.280 e. The highest BCUT2D eigenvalue weighted by Gasteiger charge is 2.49. The maximum absolute atomic E-state index is 15.3. The molecule has 1 aromatic carbocycles. The summed E-state index contributed by atoms with van der Waals surface area (Å²) in [6.45, 7) is 2.22. The Labute approximate surface area is 191 Å². The molecule has 5 heterocycles. The molecule has 6 rings (SSSR count). The Bertz CT molecular complexity index is 1050. The fourth-order valence-corrected chi connectivity index (χ4v) is 6.25. The average Bonchev–Trinajstić information content (AvgIpc) is 3.33. The third-order valence-corrected chi connectivity index (χ3v) is 8.29. The molecule has 166 valence electrons. The molecule has 4 atom stereocenters. The van der Waals surface area contributed by atoms with E-state index in [1.807, 2.05) is 6.07 Å². The number of alkyl halides is 2. The van der Waals surface area contributed by atoms with Crippen LogP contribution in [0, 0.1) is 0 Å². The fraction of sp³-hybridized carbons (Fsp3) is 0.524. The molecular weight excluding hydrogens is 494 g/mol. The van der Waals surface area contributed by atoms with Crippen LogP contribution in [0.15, 0.2) is 22.8 Å². The van der Waals surface area contributed by atoms with Crippen LogP contribution in [0.2, 0.25) is 5.02 Å². The number of hydrogen-bond acceptors (Lipinski definition) is 5. The van der Waals surface area contributed by atoms with Crippen molar-refractivity contribution in [3.8, 4) is 11.5 Å². The number of anilines is 1. The van der Waals surface area contributed by atoms with E-state index in [1.165, 1.54) is 0 Å². The number of halogens is 4. The molecule has 6 nitrogen and oxygen atoms in total. The Kier molecular flexibility index (Phi) is 4.68. The highest BCUT2D eigenvalue weighted by molar-refractivity contribution is 9.10. The minimum absolute atomic E-state index is 0.292. The predicted octanol–water partition coefficient (Wildman–Crippen LogP) is 4.74. The van der Waals surface area contributed by atoms with Gasteiger partial charge in [-0.05, 0) is 47.4 Å². The van der Waals surface area contributed by atoms with E-state index in [9.17, 15) is 4.39 Å². The van der Waals surface area contributed by atoms with E-state index in [1.54, 1.807) is 16.8 Å². The number of rotatable bonds is 3. The summed E-state index contributed by atoms with van der Waals surface area (Å²) in [5, 5.41) is 7.05. The lowest BCUT2D eigenvalue weighted by Crippen LogP contribution is -2.43. The zero-order valence-electron chi connectivity index (χ0n) is 16.6. The summed E-state index contributed by atoms with van der Waals surface area (Å²) in [5.74, 6) is 0.825. The van der Waals surface area contributed by atoms with Crippen LogP contribution in [0.3, 0.4) is 0 Å². The Morgan fingerprint density at radius 1 is 1.35 bits per heavy atom. The molecule has 10 heteroatoms. The second-order valence-electron chi connectivity index (χ2n) is 8.70. The second kappa shape index (κ2) is 7.23. The van der Waals surface area contributed by atoms with Gasteiger partial charge in [0.15, 0.2) is 11.5 Å². The molecular formula is C21H22BrClF2N4O2. The van der Waals surface area contributed by atoms with E-state index in [-0.39, 0.29) is 11.7 Å². The number of nitrogens with one attached hydrogen (secondary N) is 2. The van der Waals surface area contributed by atoms with E-state index >= 15 is 4.39 Å². The zero-order chi connectivity index (χ0) is 21.3. The van der Waals surface area contributed by atoms with Gasteiger partial charge in [0.2, 0.25) is 0 Å². The SMILES string of the molecule is F[C@H]1CN2CCC[C@@]2(COc2ccc3c4c2O[C@@H](F)c2c(Br)c(Cl)cn2C4NCN3)C1. The topological polar surface area (TPSA) is 50.7 Å². The molecule has 0 saturated carbocycles. The summed E-state index contributed by atoms with van der Waals surface area (Å²) >= 11 is 9.66. The molecule has 0 spiro atoms. The van der Waals surface area contributed by atoms with Crippen molar-refractivity contribution >= 4 is 33.2 Å². The molecule has 31 heavy (non-hydrogen) atoms. The van der Waals surface area contributed by atoms with Gasteiger partial charge in [0.1, 0.15) is 24.6 Å². The van der Waals surface area contributed by atoms with E-state index in [2.05, 4.69) is 31.5 Å². The predicted molar refractivity (Wildman–Crippen MR) is 116 cm³/mol. The lowest BCUT2D eigenvalue weighted by molar-refractivity contribution is 0.0549. The summed E-state index contributed by atoms with van der Waals surface area (Å²) in [6.07, 6.45) is 1.19. The van der Waals surface area contributed by atoms with Crippen molar-refractivity contribution in [2.75, 3.05) is 31.7 Å². The van der Waals surface area contributed by atoms with Crippen LogP contribution in [0.5, 0.6) is 11.5 Å². The monoisotopic (exact) mass is 514 g/mol. The van der Waals surface area contributed by atoms with Crippen molar-refractivity contribution in [3.63, 3.8) is 0 Å². The third kappa shape index (κ3) is 3.00. The molecule has 2 saturated heterocycles. The molecule has 1 unspecified atom stereocenters. The van der Waals surface area contributed by atoms with Crippen LogP contribution in [-0.2, 0) is 0 Å². The number of fused-ring (bicyclic) bond motifs is 3. The Hall–Kier alpha value is -1.55. The van der Waals surface area contributed by atoms with Gasteiger partial charge in [-0.2, -0.15) is 4.39 Å². The minimum atomic E-state index is -1.73. The van der Waals surface area contributed by atoms with Crippen molar-refractivity contribution in [3.05, 3.63) is 39.1 Å². The molecule has 0 amide bonds. The van der Waals surface area contributed by atoms with E-state index < -0.39 is 12.5 Å². The maximum atomic E-state index is 15.3. The van der Waals surface area contributed by atoms with Crippen LogP contribution < -0.4 is 20.1 Å². The van der Waals surface area contributed by atoms with Crippen molar-refractivity contribution in [2.45, 2.75) is 43.5 Å². The Morgan fingerprint density at radius 2 is 2.23 bits per heavy atom. The normalized spacial score (nSPS) is 31.3. The lowest BCUT2D eigenvalue weighted by Gasteiger charge is -2.33. The first-order valence-corrected chi connectivity index (χ1v) is 11.7. The highest BCUT2D eigenvalue weighted by atomic mass is 79.9. The summed E-state index contributed by atoms with van der Waals surface area (Å²) in [6, 6.07) is 3.72. The highest BCUT2D eigenvalue weighted by Crippen LogP contribution is 2.50. The van der Waals surface area contributed by atoms with Crippen LogP contribution >= 0.6 is 27.5 Å². The molecule has 4 aliphatic rings. The molecule has 4 aliphatic heterocycles. The van der Waals surface area contributed by atoms with Crippen molar-refractivity contribution in [1.29, 1.82) is 0 Å². The summed E-state index contributed by atoms with van der Waals surface area (Å²) in [4.78, 5) is 2.20. The lowest BCUT2D eigenvalue weighted by atomic mass is 9.95. The number of hydrogen-bond donors (Lipinski definition) is 2. The summed E-state index contributed by atoms with van der Waals surface area (Å²) in [7, 11) is 0. The largest absolute Gasteiger partial charge is 0.488 e. The van der Waals surface area contributed by atoms with Crippen molar-refractivity contribution < 1.29 is 18.3 Å².